The van der Waals surface area contributed by atoms with Crippen molar-refractivity contribution in [1.82, 2.24) is 4.90 Å². The van der Waals surface area contributed by atoms with E-state index in [1.807, 2.05) is 48.5 Å². The number of likely N-dealkylation sites (N-methyl/N-ethyl adjacent to an activating group) is 1. The Morgan fingerprint density at radius 1 is 1.00 bits per heavy atom. The molecule has 1 aliphatic heterocycles. The van der Waals surface area contributed by atoms with Crippen molar-refractivity contribution in [3.05, 3.63) is 71.8 Å². The highest BCUT2D eigenvalue weighted by atomic mass is 16.3. The van der Waals surface area contributed by atoms with Crippen LogP contribution in [0.2, 0.25) is 0 Å². The van der Waals surface area contributed by atoms with Crippen LogP contribution in [-0.4, -0.2) is 28.8 Å². The van der Waals surface area contributed by atoms with Gasteiger partial charge in [-0.25, -0.2) is 4.79 Å². The van der Waals surface area contributed by atoms with Gasteiger partial charge in [-0.2, -0.15) is 4.99 Å². The van der Waals surface area contributed by atoms with Crippen molar-refractivity contribution in [1.29, 1.82) is 0 Å². The Kier molecular flexibility index (Phi) is 2.88. The molecule has 0 bridgehead atoms. The van der Waals surface area contributed by atoms with Gasteiger partial charge in [-0.3, -0.25) is 4.90 Å². The van der Waals surface area contributed by atoms with Gasteiger partial charge in [0.15, 0.2) is 0 Å². The average Bonchev–Trinajstić information content (AvgIpc) is 2.74. The zero-order chi connectivity index (χ0) is 14.2. The lowest BCUT2D eigenvalue weighted by Crippen LogP contribution is -2.46. The summed E-state index contributed by atoms with van der Waals surface area (Å²) in [6.07, 6.45) is 0. The lowest BCUT2D eigenvalue weighted by molar-refractivity contribution is -0.000659. The van der Waals surface area contributed by atoms with Crippen LogP contribution in [0.25, 0.3) is 0 Å². The summed E-state index contributed by atoms with van der Waals surface area (Å²) in [6, 6.07) is 17.9. The maximum absolute atomic E-state index is 11.9. The summed E-state index contributed by atoms with van der Waals surface area (Å²) in [7, 11) is 1.55. The quantitative estimate of drug-likeness (QED) is 0.907. The molecular weight excluding hydrogens is 252 g/mol. The van der Waals surface area contributed by atoms with E-state index in [0.29, 0.717) is 11.3 Å². The molecule has 1 unspecified atom stereocenters. The summed E-state index contributed by atoms with van der Waals surface area (Å²) < 4.78 is 0. The summed E-state index contributed by atoms with van der Waals surface area (Å²) >= 11 is 0. The van der Waals surface area contributed by atoms with Crippen LogP contribution >= 0.6 is 0 Å². The van der Waals surface area contributed by atoms with Crippen LogP contribution in [0.5, 0.6) is 0 Å². The SMILES string of the molecule is CN1C(=O)N=C(c2ccccc2)C1(O)c1ccccc1. The molecule has 0 fully saturated rings. The normalized spacial score (nSPS) is 22.0. The van der Waals surface area contributed by atoms with Crippen LogP contribution in [0.15, 0.2) is 65.7 Å². The van der Waals surface area contributed by atoms with Crippen LogP contribution in [-0.2, 0) is 5.72 Å². The molecule has 0 saturated heterocycles. The molecule has 4 nitrogen and oxygen atoms in total. The Balaban J connectivity index is 2.18. The van der Waals surface area contributed by atoms with Crippen molar-refractivity contribution in [2.24, 2.45) is 4.99 Å². The molecule has 0 aromatic heterocycles. The van der Waals surface area contributed by atoms with Crippen molar-refractivity contribution in [3.8, 4) is 0 Å². The van der Waals surface area contributed by atoms with Gasteiger partial charge in [-0.1, -0.05) is 60.7 Å². The van der Waals surface area contributed by atoms with Crippen LogP contribution in [0.4, 0.5) is 4.79 Å². The van der Waals surface area contributed by atoms with Crippen LogP contribution in [0.3, 0.4) is 0 Å². The molecule has 2 aromatic rings. The first-order chi connectivity index (χ1) is 9.64. The van der Waals surface area contributed by atoms with E-state index in [9.17, 15) is 9.90 Å². The molecule has 0 saturated carbocycles. The third-order valence-electron chi connectivity index (χ3n) is 3.53. The molecule has 100 valence electrons. The third-order valence-corrected chi connectivity index (χ3v) is 3.53. The van der Waals surface area contributed by atoms with Gasteiger partial charge in [0.25, 0.3) is 0 Å². The monoisotopic (exact) mass is 266 g/mol. The predicted molar refractivity (Wildman–Crippen MR) is 76.5 cm³/mol. The lowest BCUT2D eigenvalue weighted by atomic mass is 9.92. The molecule has 4 heteroatoms. The maximum atomic E-state index is 11.9. The van der Waals surface area contributed by atoms with Crippen LogP contribution in [0, 0.1) is 0 Å². The number of aliphatic imine (C=N–C) groups is 1. The zero-order valence-corrected chi connectivity index (χ0v) is 11.0. The topological polar surface area (TPSA) is 52.9 Å². The molecular formula is C16H14N2O2. The van der Waals surface area contributed by atoms with Gasteiger partial charge in [0.1, 0.15) is 5.71 Å². The zero-order valence-electron chi connectivity index (χ0n) is 11.0. The Morgan fingerprint density at radius 2 is 1.55 bits per heavy atom. The molecule has 1 atom stereocenters. The Morgan fingerprint density at radius 3 is 2.15 bits per heavy atom. The summed E-state index contributed by atoms with van der Waals surface area (Å²) in [6.45, 7) is 0. The van der Waals surface area contributed by atoms with Crippen LogP contribution in [0.1, 0.15) is 11.1 Å². The van der Waals surface area contributed by atoms with Crippen molar-refractivity contribution in [3.63, 3.8) is 0 Å². The van der Waals surface area contributed by atoms with Gasteiger partial charge in [0.2, 0.25) is 5.72 Å². The minimum Gasteiger partial charge on any atom is -0.362 e. The lowest BCUT2D eigenvalue weighted by Gasteiger charge is -2.32. The molecule has 0 radical (unpaired) electrons. The summed E-state index contributed by atoms with van der Waals surface area (Å²) in [4.78, 5) is 17.2. The highest BCUT2D eigenvalue weighted by Gasteiger charge is 2.47. The Bertz CT molecular complexity index is 667. The molecule has 2 aromatic carbocycles. The summed E-state index contributed by atoms with van der Waals surface area (Å²) in [5, 5.41) is 11.1. The van der Waals surface area contributed by atoms with Crippen LogP contribution < -0.4 is 0 Å². The third kappa shape index (κ3) is 1.73. The molecule has 1 aliphatic rings. The van der Waals surface area contributed by atoms with E-state index in [2.05, 4.69) is 4.99 Å². The molecule has 0 spiro atoms. The molecule has 2 amide bonds. The average molecular weight is 266 g/mol. The number of amides is 2. The van der Waals surface area contributed by atoms with Crippen molar-refractivity contribution in [2.45, 2.75) is 5.72 Å². The Labute approximate surface area is 117 Å². The van der Waals surface area contributed by atoms with E-state index in [1.54, 1.807) is 19.2 Å². The summed E-state index contributed by atoms with van der Waals surface area (Å²) in [5.41, 5.74) is 0.184. The number of hydrogen-bond donors (Lipinski definition) is 1. The standard InChI is InChI=1S/C16H14N2O2/c1-18-15(19)17-14(12-8-4-2-5-9-12)16(18,20)13-10-6-3-7-11-13/h2-11,20H,1H3. The number of benzene rings is 2. The van der Waals surface area contributed by atoms with E-state index in [1.165, 1.54) is 4.90 Å². The molecule has 3 rings (SSSR count). The highest BCUT2D eigenvalue weighted by Crippen LogP contribution is 2.34. The van der Waals surface area contributed by atoms with E-state index in [0.717, 1.165) is 5.56 Å². The first kappa shape index (κ1) is 12.6. The van der Waals surface area contributed by atoms with Crippen molar-refractivity contribution in [2.75, 3.05) is 7.05 Å². The molecule has 20 heavy (non-hydrogen) atoms. The number of rotatable bonds is 2. The second-order valence-corrected chi connectivity index (χ2v) is 4.71. The summed E-state index contributed by atoms with van der Waals surface area (Å²) in [5.74, 6) is 0. The minimum absolute atomic E-state index is 0.358. The molecule has 1 N–H and O–H groups in total. The van der Waals surface area contributed by atoms with E-state index < -0.39 is 11.8 Å². The number of carbonyl (C=O) groups is 1. The number of nitrogens with zero attached hydrogens (tertiary/aromatic N) is 2. The fraction of sp³-hybridized carbons (Fsp3) is 0.125. The predicted octanol–water partition coefficient (Wildman–Crippen LogP) is 2.39. The van der Waals surface area contributed by atoms with Gasteiger partial charge in [0.05, 0.1) is 0 Å². The number of carbonyl (C=O) groups excluding carboxylic acids is 1. The molecule has 1 heterocycles. The van der Waals surface area contributed by atoms with Gasteiger partial charge < -0.3 is 5.11 Å². The maximum Gasteiger partial charge on any atom is 0.346 e. The number of urea groups is 1. The van der Waals surface area contributed by atoms with E-state index >= 15 is 0 Å². The minimum atomic E-state index is -1.53. The second kappa shape index (κ2) is 4.58. The number of hydrogen-bond acceptors (Lipinski definition) is 2. The van der Waals surface area contributed by atoms with E-state index in [4.69, 9.17) is 0 Å². The van der Waals surface area contributed by atoms with Crippen molar-refractivity contribution < 1.29 is 9.90 Å². The smallest absolute Gasteiger partial charge is 0.346 e. The Hall–Kier alpha value is -2.46. The fourth-order valence-electron chi connectivity index (χ4n) is 2.41. The largest absolute Gasteiger partial charge is 0.362 e. The highest BCUT2D eigenvalue weighted by molar-refractivity contribution is 6.15. The van der Waals surface area contributed by atoms with Gasteiger partial charge in [-0.15, -0.1) is 0 Å². The molecule has 0 aliphatic carbocycles. The second-order valence-electron chi connectivity index (χ2n) is 4.71. The van der Waals surface area contributed by atoms with Gasteiger partial charge >= 0.3 is 6.03 Å². The van der Waals surface area contributed by atoms with Crippen molar-refractivity contribution >= 4 is 11.7 Å². The first-order valence-corrected chi connectivity index (χ1v) is 6.34. The van der Waals surface area contributed by atoms with Gasteiger partial charge in [-0.05, 0) is 0 Å². The number of aliphatic hydroxyl groups is 1. The fourth-order valence-corrected chi connectivity index (χ4v) is 2.41. The first-order valence-electron chi connectivity index (χ1n) is 6.34. The van der Waals surface area contributed by atoms with Gasteiger partial charge in [0, 0.05) is 18.2 Å². The van der Waals surface area contributed by atoms with E-state index in [-0.39, 0.29) is 0 Å².